The first kappa shape index (κ1) is 13.0. The summed E-state index contributed by atoms with van der Waals surface area (Å²) in [5.74, 6) is 0.889. The van der Waals surface area contributed by atoms with Crippen molar-refractivity contribution in [3.8, 4) is 0 Å². The second kappa shape index (κ2) is 5.23. The van der Waals surface area contributed by atoms with Gasteiger partial charge in [0.25, 0.3) is 0 Å². The minimum absolute atomic E-state index is 0.568. The molecule has 4 rings (SSSR count). The molecule has 0 fully saturated rings. The van der Waals surface area contributed by atoms with E-state index >= 15 is 0 Å². The average molecular weight is 279 g/mol. The second-order valence-electron chi connectivity index (χ2n) is 6.22. The minimum Gasteiger partial charge on any atom is -0.290 e. The van der Waals surface area contributed by atoms with Gasteiger partial charge in [-0.1, -0.05) is 24.3 Å². The summed E-state index contributed by atoms with van der Waals surface area (Å²) in [6.45, 7) is 4.07. The maximum atomic E-state index is 4.66. The molecule has 0 amide bonds. The third kappa shape index (κ3) is 2.36. The van der Waals surface area contributed by atoms with Gasteiger partial charge in [0, 0.05) is 25.3 Å². The number of rotatable bonds is 1. The number of hydrogen-bond donors (Lipinski definition) is 0. The average Bonchev–Trinajstić information content (AvgIpc) is 2.53. The number of aryl methyl sites for hydroxylation is 2. The largest absolute Gasteiger partial charge is 0.290 e. The summed E-state index contributed by atoms with van der Waals surface area (Å²) in [4.78, 5) is 11.6. The SMILES string of the molecule is Cc1ncc2c(n1)CN([C@@H]1CCCc3ccccc31)CC2. The van der Waals surface area contributed by atoms with E-state index in [1.165, 1.54) is 36.1 Å². The van der Waals surface area contributed by atoms with Gasteiger partial charge in [0.05, 0.1) is 5.69 Å². The molecule has 2 aromatic rings. The molecule has 1 aliphatic heterocycles. The molecule has 21 heavy (non-hydrogen) atoms. The lowest BCUT2D eigenvalue weighted by Gasteiger charge is -2.38. The summed E-state index contributed by atoms with van der Waals surface area (Å²) in [5, 5.41) is 0. The Morgan fingerprint density at radius 2 is 2.05 bits per heavy atom. The van der Waals surface area contributed by atoms with Gasteiger partial charge < -0.3 is 0 Å². The van der Waals surface area contributed by atoms with Gasteiger partial charge in [-0.3, -0.25) is 4.90 Å². The first-order valence-electron chi connectivity index (χ1n) is 7.94. The Labute approximate surface area is 126 Å². The van der Waals surface area contributed by atoms with Gasteiger partial charge in [-0.05, 0) is 49.3 Å². The van der Waals surface area contributed by atoms with Gasteiger partial charge in [0.1, 0.15) is 5.82 Å². The van der Waals surface area contributed by atoms with Crippen molar-refractivity contribution in [3.63, 3.8) is 0 Å². The third-order valence-corrected chi connectivity index (χ3v) is 4.87. The maximum Gasteiger partial charge on any atom is 0.125 e. The molecule has 0 saturated heterocycles. The van der Waals surface area contributed by atoms with E-state index in [0.29, 0.717) is 6.04 Å². The van der Waals surface area contributed by atoms with E-state index in [4.69, 9.17) is 0 Å². The molecule has 1 aromatic carbocycles. The highest BCUT2D eigenvalue weighted by Crippen LogP contribution is 2.36. The predicted octanol–water partition coefficient (Wildman–Crippen LogP) is 3.22. The molecule has 3 nitrogen and oxygen atoms in total. The normalized spacial score (nSPS) is 21.7. The Hall–Kier alpha value is -1.74. The summed E-state index contributed by atoms with van der Waals surface area (Å²) in [6.07, 6.45) is 6.90. The van der Waals surface area contributed by atoms with Crippen LogP contribution in [-0.2, 0) is 19.4 Å². The topological polar surface area (TPSA) is 29.0 Å². The van der Waals surface area contributed by atoms with Gasteiger partial charge in [-0.2, -0.15) is 0 Å². The molecule has 0 radical (unpaired) electrons. The van der Waals surface area contributed by atoms with Crippen LogP contribution in [0.15, 0.2) is 30.5 Å². The van der Waals surface area contributed by atoms with E-state index in [0.717, 1.165) is 25.3 Å². The van der Waals surface area contributed by atoms with Gasteiger partial charge in [-0.15, -0.1) is 0 Å². The van der Waals surface area contributed by atoms with Crippen LogP contribution < -0.4 is 0 Å². The molecular weight excluding hydrogens is 258 g/mol. The quantitative estimate of drug-likeness (QED) is 0.802. The summed E-state index contributed by atoms with van der Waals surface area (Å²) in [7, 11) is 0. The van der Waals surface area contributed by atoms with Crippen molar-refractivity contribution in [2.45, 2.75) is 45.2 Å². The Morgan fingerprint density at radius 1 is 1.14 bits per heavy atom. The monoisotopic (exact) mass is 279 g/mol. The van der Waals surface area contributed by atoms with Crippen LogP contribution in [0.3, 0.4) is 0 Å². The lowest BCUT2D eigenvalue weighted by Crippen LogP contribution is -2.36. The van der Waals surface area contributed by atoms with Crippen molar-refractivity contribution in [3.05, 3.63) is 58.7 Å². The van der Waals surface area contributed by atoms with Crippen LogP contribution in [0.4, 0.5) is 0 Å². The number of aromatic nitrogens is 2. The lowest BCUT2D eigenvalue weighted by molar-refractivity contribution is 0.159. The van der Waals surface area contributed by atoms with Gasteiger partial charge >= 0.3 is 0 Å². The van der Waals surface area contributed by atoms with E-state index < -0.39 is 0 Å². The fourth-order valence-electron chi connectivity index (χ4n) is 3.80. The second-order valence-corrected chi connectivity index (χ2v) is 6.22. The van der Waals surface area contributed by atoms with E-state index in [-0.39, 0.29) is 0 Å². The van der Waals surface area contributed by atoms with Crippen LogP contribution in [0, 0.1) is 6.92 Å². The van der Waals surface area contributed by atoms with Crippen molar-refractivity contribution < 1.29 is 0 Å². The standard InChI is InChI=1S/C18H21N3/c1-13-19-11-15-9-10-21(12-17(15)20-13)18-8-4-6-14-5-2-3-7-16(14)18/h2-3,5,7,11,18H,4,6,8-10,12H2,1H3/t18-/m1/s1. The molecular formula is C18H21N3. The van der Waals surface area contributed by atoms with Crippen LogP contribution in [-0.4, -0.2) is 21.4 Å². The molecule has 0 unspecified atom stereocenters. The van der Waals surface area contributed by atoms with E-state index in [9.17, 15) is 0 Å². The molecule has 0 bridgehead atoms. The molecule has 1 atom stereocenters. The zero-order valence-corrected chi connectivity index (χ0v) is 12.5. The van der Waals surface area contributed by atoms with E-state index in [1.807, 2.05) is 13.1 Å². The zero-order chi connectivity index (χ0) is 14.2. The Bertz CT molecular complexity index is 665. The van der Waals surface area contributed by atoms with Gasteiger partial charge in [0.2, 0.25) is 0 Å². The van der Waals surface area contributed by atoms with Crippen molar-refractivity contribution in [1.82, 2.24) is 14.9 Å². The molecule has 1 aliphatic carbocycles. The van der Waals surface area contributed by atoms with Crippen molar-refractivity contribution in [2.24, 2.45) is 0 Å². The molecule has 0 N–H and O–H groups in total. The van der Waals surface area contributed by atoms with Crippen LogP contribution in [0.5, 0.6) is 0 Å². The van der Waals surface area contributed by atoms with Gasteiger partial charge in [-0.25, -0.2) is 9.97 Å². The molecule has 2 aliphatic rings. The van der Waals surface area contributed by atoms with E-state index in [1.54, 1.807) is 5.56 Å². The van der Waals surface area contributed by atoms with Crippen molar-refractivity contribution in [1.29, 1.82) is 0 Å². The summed E-state index contributed by atoms with van der Waals surface area (Å²) < 4.78 is 0. The Balaban J connectivity index is 1.64. The summed E-state index contributed by atoms with van der Waals surface area (Å²) in [5.41, 5.74) is 5.65. The van der Waals surface area contributed by atoms with Crippen molar-refractivity contribution >= 4 is 0 Å². The maximum absolute atomic E-state index is 4.66. The fourth-order valence-corrected chi connectivity index (χ4v) is 3.80. The first-order valence-corrected chi connectivity index (χ1v) is 7.94. The highest BCUT2D eigenvalue weighted by molar-refractivity contribution is 5.33. The molecule has 0 saturated carbocycles. The summed E-state index contributed by atoms with van der Waals surface area (Å²) in [6, 6.07) is 9.54. The van der Waals surface area contributed by atoms with Crippen molar-refractivity contribution in [2.75, 3.05) is 6.54 Å². The Morgan fingerprint density at radius 3 is 3.00 bits per heavy atom. The van der Waals surface area contributed by atoms with E-state index in [2.05, 4.69) is 39.1 Å². The minimum atomic E-state index is 0.568. The number of hydrogen-bond acceptors (Lipinski definition) is 3. The predicted molar refractivity (Wildman–Crippen MR) is 83.0 cm³/mol. The highest BCUT2D eigenvalue weighted by Gasteiger charge is 2.28. The lowest BCUT2D eigenvalue weighted by atomic mass is 9.86. The fraction of sp³-hybridized carbons (Fsp3) is 0.444. The molecule has 0 spiro atoms. The highest BCUT2D eigenvalue weighted by atomic mass is 15.2. The molecule has 1 aromatic heterocycles. The van der Waals surface area contributed by atoms with Crippen LogP contribution >= 0.6 is 0 Å². The van der Waals surface area contributed by atoms with Crippen LogP contribution in [0.1, 0.15) is 47.1 Å². The number of nitrogens with zero attached hydrogens (tertiary/aromatic N) is 3. The smallest absolute Gasteiger partial charge is 0.125 e. The zero-order valence-electron chi connectivity index (χ0n) is 12.5. The number of benzene rings is 1. The van der Waals surface area contributed by atoms with Crippen LogP contribution in [0.25, 0.3) is 0 Å². The summed E-state index contributed by atoms with van der Waals surface area (Å²) >= 11 is 0. The molecule has 108 valence electrons. The molecule has 2 heterocycles. The third-order valence-electron chi connectivity index (χ3n) is 4.87. The Kier molecular flexibility index (Phi) is 3.23. The molecule has 3 heteroatoms. The number of fused-ring (bicyclic) bond motifs is 2. The first-order chi connectivity index (χ1) is 10.3. The van der Waals surface area contributed by atoms with Gasteiger partial charge in [0.15, 0.2) is 0 Å². The van der Waals surface area contributed by atoms with Crippen LogP contribution in [0.2, 0.25) is 0 Å².